The number of aromatic nitrogens is 2. The van der Waals surface area contributed by atoms with E-state index >= 15 is 0 Å². The van der Waals surface area contributed by atoms with E-state index in [1.54, 1.807) is 12.4 Å². The number of hydrogen-bond acceptors (Lipinski definition) is 9. The molecule has 0 bridgehead atoms. The Morgan fingerprint density at radius 3 is 2.67 bits per heavy atom. The zero-order valence-electron chi connectivity index (χ0n) is 16.0. The second-order valence-corrected chi connectivity index (χ2v) is 8.12. The Labute approximate surface area is 159 Å². The largest absolute Gasteiger partial charge is 0.382 e. The minimum absolute atomic E-state index is 0.127. The quantitative estimate of drug-likeness (QED) is 0.791. The minimum Gasteiger partial charge on any atom is -0.382 e. The van der Waals surface area contributed by atoms with Crippen molar-refractivity contribution in [3.8, 4) is 0 Å². The zero-order valence-corrected chi connectivity index (χ0v) is 16.0. The lowest BCUT2D eigenvalue weighted by Gasteiger charge is -2.36. The first kappa shape index (κ1) is 17.7. The molecule has 0 aromatic carbocycles. The topological polar surface area (TPSA) is 104 Å². The van der Waals surface area contributed by atoms with E-state index < -0.39 is 0 Å². The number of morpholine rings is 1. The van der Waals surface area contributed by atoms with Gasteiger partial charge in [0.2, 0.25) is 5.96 Å². The molecular weight excluding hydrogens is 344 g/mol. The third kappa shape index (κ3) is 3.73. The number of ether oxygens (including phenoxy) is 1. The van der Waals surface area contributed by atoms with E-state index in [9.17, 15) is 0 Å². The molecule has 1 aromatic heterocycles. The van der Waals surface area contributed by atoms with Crippen LogP contribution in [0, 0.1) is 5.41 Å². The Bertz CT molecular complexity index is 787. The Morgan fingerprint density at radius 2 is 2.00 bits per heavy atom. The van der Waals surface area contributed by atoms with Gasteiger partial charge in [0.05, 0.1) is 37.6 Å². The number of aliphatic imine (C=N–C) groups is 2. The van der Waals surface area contributed by atoms with Crippen molar-refractivity contribution in [1.82, 2.24) is 25.1 Å². The number of fused-ring (bicyclic) bond motifs is 1. The van der Waals surface area contributed by atoms with E-state index in [0.717, 1.165) is 37.0 Å². The fraction of sp³-hybridized carbons (Fsp3) is 0.556. The SMILES string of the molecule is CC(C)(C)CN1C=NC2=C(c3cnc(N)cn3)NC(N3CCOCC3)=NC21. The van der Waals surface area contributed by atoms with Gasteiger partial charge in [0.1, 0.15) is 17.2 Å². The predicted molar refractivity (Wildman–Crippen MR) is 105 cm³/mol. The van der Waals surface area contributed by atoms with Gasteiger partial charge in [-0.15, -0.1) is 0 Å². The first-order valence-electron chi connectivity index (χ1n) is 9.20. The Hall–Kier alpha value is -2.68. The van der Waals surface area contributed by atoms with Crippen molar-refractivity contribution in [2.75, 3.05) is 38.6 Å². The van der Waals surface area contributed by atoms with Gasteiger partial charge in [0.15, 0.2) is 6.17 Å². The summed E-state index contributed by atoms with van der Waals surface area (Å²) >= 11 is 0. The molecule has 27 heavy (non-hydrogen) atoms. The van der Waals surface area contributed by atoms with Crippen LogP contribution < -0.4 is 11.1 Å². The van der Waals surface area contributed by atoms with Gasteiger partial charge < -0.3 is 25.6 Å². The summed E-state index contributed by atoms with van der Waals surface area (Å²) in [5.74, 6) is 1.22. The standard InChI is InChI=1S/C18H26N8O/c1-18(2,3)10-26-11-22-15-14(12-8-21-13(19)9-20-12)23-17(24-16(15)26)25-4-6-27-7-5-25/h8-9,11,16H,4-7,10H2,1-3H3,(H2,19,21)(H,23,24). The van der Waals surface area contributed by atoms with Crippen LogP contribution in [-0.2, 0) is 4.74 Å². The van der Waals surface area contributed by atoms with Gasteiger partial charge >= 0.3 is 0 Å². The lowest BCUT2D eigenvalue weighted by molar-refractivity contribution is 0.0664. The van der Waals surface area contributed by atoms with Crippen molar-refractivity contribution in [2.24, 2.45) is 15.4 Å². The van der Waals surface area contributed by atoms with E-state index in [4.69, 9.17) is 15.5 Å². The van der Waals surface area contributed by atoms with Crippen molar-refractivity contribution in [2.45, 2.75) is 26.9 Å². The fourth-order valence-electron chi connectivity index (χ4n) is 3.35. The van der Waals surface area contributed by atoms with Crippen molar-refractivity contribution in [3.63, 3.8) is 0 Å². The highest BCUT2D eigenvalue weighted by Gasteiger charge is 2.36. The van der Waals surface area contributed by atoms with Crippen LogP contribution in [0.2, 0.25) is 0 Å². The van der Waals surface area contributed by atoms with Crippen LogP contribution in [0.3, 0.4) is 0 Å². The first-order chi connectivity index (χ1) is 12.9. The van der Waals surface area contributed by atoms with E-state index in [0.29, 0.717) is 24.7 Å². The maximum atomic E-state index is 5.70. The molecule has 3 aliphatic heterocycles. The number of guanidine groups is 1. The Balaban J connectivity index is 1.70. The molecule has 144 valence electrons. The zero-order chi connectivity index (χ0) is 19.0. The van der Waals surface area contributed by atoms with Crippen LogP contribution in [0.1, 0.15) is 26.5 Å². The Morgan fingerprint density at radius 1 is 1.22 bits per heavy atom. The lowest BCUT2D eigenvalue weighted by atomic mass is 9.96. The molecule has 9 nitrogen and oxygen atoms in total. The third-order valence-electron chi connectivity index (χ3n) is 4.54. The van der Waals surface area contributed by atoms with Gasteiger partial charge in [0.25, 0.3) is 0 Å². The highest BCUT2D eigenvalue weighted by molar-refractivity contribution is 5.93. The monoisotopic (exact) mass is 370 g/mol. The summed E-state index contributed by atoms with van der Waals surface area (Å²) in [5, 5.41) is 3.43. The molecule has 1 atom stereocenters. The van der Waals surface area contributed by atoms with E-state index in [2.05, 4.69) is 50.8 Å². The summed E-state index contributed by atoms with van der Waals surface area (Å²) < 4.78 is 5.48. The summed E-state index contributed by atoms with van der Waals surface area (Å²) in [6, 6.07) is 0. The van der Waals surface area contributed by atoms with Gasteiger partial charge in [-0.25, -0.2) is 20.0 Å². The van der Waals surface area contributed by atoms with Crippen LogP contribution in [-0.4, -0.2) is 71.1 Å². The number of anilines is 1. The molecule has 1 aromatic rings. The van der Waals surface area contributed by atoms with Crippen LogP contribution >= 0.6 is 0 Å². The summed E-state index contributed by atoms with van der Waals surface area (Å²) in [5.41, 5.74) is 8.23. The van der Waals surface area contributed by atoms with Crippen LogP contribution in [0.5, 0.6) is 0 Å². The average Bonchev–Trinajstić information content (AvgIpc) is 3.03. The Kier molecular flexibility index (Phi) is 4.47. The van der Waals surface area contributed by atoms with E-state index in [1.165, 1.54) is 0 Å². The molecule has 0 spiro atoms. The molecule has 0 radical (unpaired) electrons. The highest BCUT2D eigenvalue weighted by atomic mass is 16.5. The molecule has 0 amide bonds. The molecule has 3 N–H and O–H groups in total. The molecule has 9 heteroatoms. The van der Waals surface area contributed by atoms with E-state index in [1.807, 2.05) is 6.34 Å². The van der Waals surface area contributed by atoms with Gasteiger partial charge in [-0.1, -0.05) is 20.8 Å². The molecule has 3 aliphatic rings. The summed E-state index contributed by atoms with van der Waals surface area (Å²) in [7, 11) is 0. The molecule has 1 fully saturated rings. The maximum absolute atomic E-state index is 5.70. The number of hydrogen-bond donors (Lipinski definition) is 2. The highest BCUT2D eigenvalue weighted by Crippen LogP contribution is 2.31. The summed E-state index contributed by atoms with van der Waals surface area (Å²) in [6.45, 7) is 10.5. The van der Waals surface area contributed by atoms with Crippen molar-refractivity contribution < 1.29 is 4.74 Å². The number of nitrogens with zero attached hydrogens (tertiary/aromatic N) is 6. The van der Waals surface area contributed by atoms with Crippen LogP contribution in [0.4, 0.5) is 5.82 Å². The smallest absolute Gasteiger partial charge is 0.201 e. The molecule has 1 unspecified atom stereocenters. The number of nitrogen functional groups attached to an aromatic ring is 1. The van der Waals surface area contributed by atoms with Gasteiger partial charge in [-0.2, -0.15) is 0 Å². The van der Waals surface area contributed by atoms with Crippen molar-refractivity contribution >= 4 is 23.8 Å². The molecular formula is C18H26N8O. The van der Waals surface area contributed by atoms with Crippen molar-refractivity contribution in [1.29, 1.82) is 0 Å². The van der Waals surface area contributed by atoms with Gasteiger partial charge in [0, 0.05) is 19.6 Å². The summed E-state index contributed by atoms with van der Waals surface area (Å²) in [4.78, 5) is 22.6. The number of rotatable bonds is 2. The summed E-state index contributed by atoms with van der Waals surface area (Å²) in [6.07, 6.45) is 4.94. The molecule has 0 aliphatic carbocycles. The molecule has 0 saturated carbocycles. The molecule has 1 saturated heterocycles. The second kappa shape index (κ2) is 6.80. The lowest BCUT2D eigenvalue weighted by Crippen LogP contribution is -2.50. The first-order valence-corrected chi connectivity index (χ1v) is 9.20. The predicted octanol–water partition coefficient (Wildman–Crippen LogP) is 0.735. The van der Waals surface area contributed by atoms with Crippen LogP contribution in [0.25, 0.3) is 5.70 Å². The van der Waals surface area contributed by atoms with Crippen molar-refractivity contribution in [3.05, 3.63) is 23.8 Å². The average molecular weight is 370 g/mol. The van der Waals surface area contributed by atoms with Crippen LogP contribution in [0.15, 0.2) is 28.1 Å². The van der Waals surface area contributed by atoms with Gasteiger partial charge in [-0.05, 0) is 5.41 Å². The maximum Gasteiger partial charge on any atom is 0.201 e. The normalized spacial score (nSPS) is 22.6. The number of nitrogens with two attached hydrogens (primary N) is 1. The second-order valence-electron chi connectivity index (χ2n) is 8.12. The molecule has 4 rings (SSSR count). The molecule has 4 heterocycles. The number of nitrogens with one attached hydrogen (secondary N) is 1. The third-order valence-corrected chi connectivity index (χ3v) is 4.54. The van der Waals surface area contributed by atoms with Gasteiger partial charge in [-0.3, -0.25) is 0 Å². The van der Waals surface area contributed by atoms with E-state index in [-0.39, 0.29) is 11.6 Å². The fourth-order valence-corrected chi connectivity index (χ4v) is 3.35. The minimum atomic E-state index is -0.169.